The van der Waals surface area contributed by atoms with E-state index in [1.54, 1.807) is 0 Å². The number of aliphatic carboxylic acids is 1. The zero-order chi connectivity index (χ0) is 16.8. The maximum Gasteiger partial charge on any atom is 0.300 e. The number of nitrogens with one attached hydrogen (secondary N) is 2. The summed E-state index contributed by atoms with van der Waals surface area (Å²) in [5, 5.41) is 22.9. The standard InChI is InChI=1S/C12H22N6.C2H4O2/c1-11(2,9-13-5-6-14-9)17-18-12(3,4)10-15-7-8-16-10;1-2(3)4/h5-8H2,1-4H3,(H,13,14)(H,15,16);1H3,(H,3,4)/b18-17+;. The Bertz CT molecular complexity index is 452. The van der Waals surface area contributed by atoms with E-state index < -0.39 is 17.0 Å². The highest BCUT2D eigenvalue weighted by atomic mass is 16.4. The number of carboxylic acid groups (broad SMARTS) is 1. The molecule has 2 heterocycles. The van der Waals surface area contributed by atoms with Crippen molar-refractivity contribution in [3.8, 4) is 0 Å². The lowest BCUT2D eigenvalue weighted by atomic mass is 10.0. The van der Waals surface area contributed by atoms with Gasteiger partial charge in [-0.3, -0.25) is 14.8 Å². The number of amidine groups is 2. The Morgan fingerprint density at radius 1 is 1.00 bits per heavy atom. The smallest absolute Gasteiger partial charge is 0.300 e. The topological polar surface area (TPSA) is 111 Å². The zero-order valence-corrected chi connectivity index (χ0v) is 14.0. The third-order valence-electron chi connectivity index (χ3n) is 3.06. The van der Waals surface area contributed by atoms with E-state index in [1.165, 1.54) is 0 Å². The Hall–Kier alpha value is -1.99. The van der Waals surface area contributed by atoms with Crippen LogP contribution in [0, 0.1) is 0 Å². The average Bonchev–Trinajstić information content (AvgIpc) is 3.09. The number of carboxylic acids is 1. The molecule has 0 fully saturated rings. The van der Waals surface area contributed by atoms with Crippen LogP contribution in [0.3, 0.4) is 0 Å². The lowest BCUT2D eigenvalue weighted by molar-refractivity contribution is -0.134. The fourth-order valence-corrected chi connectivity index (χ4v) is 1.96. The number of carbonyl (C=O) groups is 1. The summed E-state index contributed by atoms with van der Waals surface area (Å²) in [7, 11) is 0. The van der Waals surface area contributed by atoms with Crippen molar-refractivity contribution < 1.29 is 9.90 Å². The molecule has 0 aromatic carbocycles. The molecule has 0 saturated heterocycles. The molecule has 0 atom stereocenters. The van der Waals surface area contributed by atoms with Crippen molar-refractivity contribution in [2.24, 2.45) is 20.2 Å². The van der Waals surface area contributed by atoms with Gasteiger partial charge in [-0.25, -0.2) is 0 Å². The van der Waals surface area contributed by atoms with Gasteiger partial charge in [0.1, 0.15) is 22.7 Å². The summed E-state index contributed by atoms with van der Waals surface area (Å²) in [4.78, 5) is 17.8. The summed E-state index contributed by atoms with van der Waals surface area (Å²) < 4.78 is 0. The second kappa shape index (κ2) is 7.33. The van der Waals surface area contributed by atoms with Gasteiger partial charge in [0, 0.05) is 20.0 Å². The van der Waals surface area contributed by atoms with Crippen LogP contribution in [0.4, 0.5) is 0 Å². The fraction of sp³-hybridized carbons (Fsp3) is 0.786. The van der Waals surface area contributed by atoms with Crippen LogP contribution in [-0.4, -0.2) is 60.0 Å². The zero-order valence-electron chi connectivity index (χ0n) is 14.0. The van der Waals surface area contributed by atoms with Crippen LogP contribution < -0.4 is 10.6 Å². The highest BCUT2D eigenvalue weighted by molar-refractivity contribution is 5.93. The Balaban J connectivity index is 0.000000541. The minimum Gasteiger partial charge on any atom is -0.481 e. The number of nitrogens with zero attached hydrogens (tertiary/aromatic N) is 4. The quantitative estimate of drug-likeness (QED) is 0.675. The van der Waals surface area contributed by atoms with Gasteiger partial charge in [-0.05, 0) is 27.7 Å². The minimum atomic E-state index is -0.833. The highest BCUT2D eigenvalue weighted by Gasteiger charge is 2.31. The number of rotatable bonds is 4. The van der Waals surface area contributed by atoms with E-state index in [2.05, 4.69) is 30.8 Å². The molecule has 8 heteroatoms. The SMILES string of the molecule is CC(=O)O.CC(C)(/N=N/C(C)(C)C1=NCCN1)C1=NCCN1. The number of azo groups is 1. The predicted molar refractivity (Wildman–Crippen MR) is 86.9 cm³/mol. The van der Waals surface area contributed by atoms with Gasteiger partial charge in [0.2, 0.25) is 0 Å². The van der Waals surface area contributed by atoms with Crippen molar-refractivity contribution in [3.63, 3.8) is 0 Å². The Morgan fingerprint density at radius 3 is 1.55 bits per heavy atom. The van der Waals surface area contributed by atoms with Gasteiger partial charge >= 0.3 is 0 Å². The normalized spacial score (nSPS) is 18.0. The first-order valence-corrected chi connectivity index (χ1v) is 7.36. The first-order valence-electron chi connectivity index (χ1n) is 7.36. The van der Waals surface area contributed by atoms with Gasteiger partial charge < -0.3 is 15.7 Å². The van der Waals surface area contributed by atoms with Crippen LogP contribution in [0.5, 0.6) is 0 Å². The molecular formula is C14H26N6O2. The summed E-state index contributed by atoms with van der Waals surface area (Å²) in [6.07, 6.45) is 0. The molecule has 0 aliphatic carbocycles. The first-order chi connectivity index (χ1) is 10.1. The largest absolute Gasteiger partial charge is 0.481 e. The number of hydrogen-bond acceptors (Lipinski definition) is 7. The van der Waals surface area contributed by atoms with Crippen molar-refractivity contribution in [2.75, 3.05) is 26.2 Å². The summed E-state index contributed by atoms with van der Waals surface area (Å²) in [6.45, 7) is 12.6. The number of aliphatic imine (C=N–C) groups is 2. The maximum absolute atomic E-state index is 9.00. The molecule has 0 aromatic heterocycles. The van der Waals surface area contributed by atoms with Crippen LogP contribution in [-0.2, 0) is 4.79 Å². The second-order valence-corrected chi connectivity index (χ2v) is 6.15. The summed E-state index contributed by atoms with van der Waals surface area (Å²) in [5.74, 6) is 1.01. The lowest BCUT2D eigenvalue weighted by Crippen LogP contribution is -2.41. The van der Waals surface area contributed by atoms with E-state index in [-0.39, 0.29) is 0 Å². The Kier molecular flexibility index (Phi) is 6.01. The molecule has 0 spiro atoms. The molecule has 3 N–H and O–H groups in total. The van der Waals surface area contributed by atoms with Crippen molar-refractivity contribution >= 4 is 17.6 Å². The summed E-state index contributed by atoms with van der Waals surface area (Å²) in [6, 6.07) is 0. The van der Waals surface area contributed by atoms with E-state index >= 15 is 0 Å². The Morgan fingerprint density at radius 2 is 1.32 bits per heavy atom. The van der Waals surface area contributed by atoms with Crippen molar-refractivity contribution in [3.05, 3.63) is 0 Å². The molecule has 2 aliphatic rings. The summed E-state index contributed by atoms with van der Waals surface area (Å²) in [5.41, 5.74) is -0.792. The maximum atomic E-state index is 9.00. The minimum absolute atomic E-state index is 0.396. The first kappa shape index (κ1) is 18.1. The lowest BCUT2D eigenvalue weighted by Gasteiger charge is -2.23. The third-order valence-corrected chi connectivity index (χ3v) is 3.06. The molecule has 0 aromatic rings. The Labute approximate surface area is 131 Å². The van der Waals surface area contributed by atoms with E-state index in [0.717, 1.165) is 44.8 Å². The van der Waals surface area contributed by atoms with Gasteiger partial charge in [-0.1, -0.05) is 0 Å². The van der Waals surface area contributed by atoms with Gasteiger partial charge in [0.05, 0.1) is 13.1 Å². The van der Waals surface area contributed by atoms with Gasteiger partial charge in [0.15, 0.2) is 0 Å². The monoisotopic (exact) mass is 310 g/mol. The predicted octanol–water partition coefficient (Wildman–Crippen LogP) is 1.09. The van der Waals surface area contributed by atoms with Crippen LogP contribution >= 0.6 is 0 Å². The van der Waals surface area contributed by atoms with Crippen LogP contribution in [0.2, 0.25) is 0 Å². The molecule has 22 heavy (non-hydrogen) atoms. The molecule has 2 aliphatic heterocycles. The number of hydrogen-bond donors (Lipinski definition) is 3. The van der Waals surface area contributed by atoms with Crippen LogP contribution in [0.1, 0.15) is 34.6 Å². The summed E-state index contributed by atoms with van der Waals surface area (Å²) >= 11 is 0. The molecule has 0 unspecified atom stereocenters. The van der Waals surface area contributed by atoms with Crippen molar-refractivity contribution in [2.45, 2.75) is 45.7 Å². The average molecular weight is 310 g/mol. The second-order valence-electron chi connectivity index (χ2n) is 6.15. The molecular weight excluding hydrogens is 284 g/mol. The third kappa shape index (κ3) is 5.42. The fourth-order valence-electron chi connectivity index (χ4n) is 1.96. The van der Waals surface area contributed by atoms with Crippen molar-refractivity contribution in [1.82, 2.24) is 10.6 Å². The van der Waals surface area contributed by atoms with Gasteiger partial charge in [0.25, 0.3) is 5.97 Å². The molecule has 2 rings (SSSR count). The molecule has 8 nitrogen and oxygen atoms in total. The molecule has 0 amide bonds. The molecule has 0 radical (unpaired) electrons. The van der Waals surface area contributed by atoms with Crippen LogP contribution in [0.25, 0.3) is 0 Å². The van der Waals surface area contributed by atoms with E-state index in [4.69, 9.17) is 9.90 Å². The van der Waals surface area contributed by atoms with E-state index in [0.29, 0.717) is 0 Å². The van der Waals surface area contributed by atoms with Crippen molar-refractivity contribution in [1.29, 1.82) is 0 Å². The van der Waals surface area contributed by atoms with E-state index in [9.17, 15) is 0 Å². The highest BCUT2D eigenvalue weighted by Crippen LogP contribution is 2.19. The van der Waals surface area contributed by atoms with Gasteiger partial charge in [-0.2, -0.15) is 10.2 Å². The van der Waals surface area contributed by atoms with Gasteiger partial charge in [-0.15, -0.1) is 0 Å². The molecule has 0 bridgehead atoms. The molecule has 0 saturated carbocycles. The van der Waals surface area contributed by atoms with E-state index in [1.807, 2.05) is 27.7 Å². The van der Waals surface area contributed by atoms with Crippen LogP contribution in [0.15, 0.2) is 20.2 Å². The molecule has 124 valence electrons.